The summed E-state index contributed by atoms with van der Waals surface area (Å²) in [6, 6.07) is 25.1. The number of fused-ring (bicyclic) bond motifs is 1. The molecule has 1 aliphatic rings. The van der Waals surface area contributed by atoms with Crippen LogP contribution in [0, 0.1) is 19.8 Å². The van der Waals surface area contributed by atoms with E-state index in [4.69, 9.17) is 11.6 Å². The maximum atomic E-state index is 13.0. The van der Waals surface area contributed by atoms with Gasteiger partial charge in [-0.25, -0.2) is 0 Å². The van der Waals surface area contributed by atoms with Gasteiger partial charge in [-0.1, -0.05) is 60.1 Å². The van der Waals surface area contributed by atoms with Gasteiger partial charge in [0, 0.05) is 40.9 Å². The molecule has 5 heteroatoms. The Bertz CT molecular complexity index is 1350. The summed E-state index contributed by atoms with van der Waals surface area (Å²) in [5.41, 5.74) is 6.83. The molecule has 0 aliphatic carbocycles. The van der Waals surface area contributed by atoms with Gasteiger partial charge in [0.05, 0.1) is 0 Å². The Morgan fingerprint density at radius 1 is 0.943 bits per heavy atom. The summed E-state index contributed by atoms with van der Waals surface area (Å²) in [5.74, 6) is 0.200. The lowest BCUT2D eigenvalue weighted by Gasteiger charge is -2.31. The van der Waals surface area contributed by atoms with Gasteiger partial charge in [-0.3, -0.25) is 9.69 Å². The average Bonchev–Trinajstić information content (AvgIpc) is 3.20. The Morgan fingerprint density at radius 3 is 2.49 bits per heavy atom. The third kappa shape index (κ3) is 5.29. The van der Waals surface area contributed by atoms with Crippen molar-refractivity contribution in [3.8, 4) is 0 Å². The molecule has 1 amide bonds. The molecule has 0 atom stereocenters. The number of benzene rings is 3. The van der Waals surface area contributed by atoms with E-state index in [2.05, 4.69) is 76.3 Å². The SMILES string of the molecule is Cc1ccc(C)c(NC(=O)C2CCN(Cc3cc4ccccc4n3Cc3ccccc3Cl)CC2)c1. The van der Waals surface area contributed by atoms with Crippen molar-refractivity contribution in [3.05, 3.63) is 100 Å². The topological polar surface area (TPSA) is 37.3 Å². The molecule has 4 aromatic rings. The van der Waals surface area contributed by atoms with E-state index in [0.29, 0.717) is 0 Å². The molecule has 5 rings (SSSR count). The normalized spacial score (nSPS) is 14.9. The molecule has 0 unspecified atom stereocenters. The van der Waals surface area contributed by atoms with Crippen molar-refractivity contribution in [1.29, 1.82) is 0 Å². The van der Waals surface area contributed by atoms with Gasteiger partial charge in [0.25, 0.3) is 0 Å². The molecule has 0 spiro atoms. The zero-order valence-corrected chi connectivity index (χ0v) is 21.2. The number of anilines is 1. The number of hydrogen-bond acceptors (Lipinski definition) is 2. The lowest BCUT2D eigenvalue weighted by molar-refractivity contribution is -0.121. The van der Waals surface area contributed by atoms with Gasteiger partial charge < -0.3 is 9.88 Å². The van der Waals surface area contributed by atoms with E-state index in [1.54, 1.807) is 0 Å². The van der Waals surface area contributed by atoms with Crippen LogP contribution >= 0.6 is 11.6 Å². The smallest absolute Gasteiger partial charge is 0.227 e. The molecule has 1 aromatic heterocycles. The fraction of sp³-hybridized carbons (Fsp3) is 0.300. The van der Waals surface area contributed by atoms with Crippen molar-refractivity contribution < 1.29 is 4.79 Å². The highest BCUT2D eigenvalue weighted by Gasteiger charge is 2.26. The largest absolute Gasteiger partial charge is 0.339 e. The van der Waals surface area contributed by atoms with Crippen molar-refractivity contribution in [1.82, 2.24) is 9.47 Å². The van der Waals surface area contributed by atoms with Gasteiger partial charge >= 0.3 is 0 Å². The minimum atomic E-state index is 0.0557. The molecular formula is C30H32ClN3O. The molecule has 1 N–H and O–H groups in total. The van der Waals surface area contributed by atoms with Crippen LogP contribution in [0.1, 0.15) is 35.2 Å². The van der Waals surface area contributed by atoms with E-state index in [1.165, 1.54) is 16.6 Å². The number of carbonyl (C=O) groups excluding carboxylic acids is 1. The van der Waals surface area contributed by atoms with Crippen LogP contribution in [0.5, 0.6) is 0 Å². The number of para-hydroxylation sites is 1. The van der Waals surface area contributed by atoms with E-state index in [-0.39, 0.29) is 11.8 Å². The van der Waals surface area contributed by atoms with Crippen LogP contribution in [-0.4, -0.2) is 28.5 Å². The fourth-order valence-electron chi connectivity index (χ4n) is 5.07. The van der Waals surface area contributed by atoms with Gasteiger partial charge in [-0.2, -0.15) is 0 Å². The first kappa shape index (κ1) is 23.7. The molecule has 4 nitrogen and oxygen atoms in total. The summed E-state index contributed by atoms with van der Waals surface area (Å²) in [7, 11) is 0. The number of aromatic nitrogens is 1. The number of rotatable bonds is 6. The van der Waals surface area contributed by atoms with E-state index in [0.717, 1.165) is 66.4 Å². The minimum Gasteiger partial charge on any atom is -0.339 e. The number of halogens is 1. The maximum Gasteiger partial charge on any atom is 0.227 e. The molecule has 0 saturated carbocycles. The summed E-state index contributed by atoms with van der Waals surface area (Å²) in [4.78, 5) is 15.4. The van der Waals surface area contributed by atoms with Crippen molar-refractivity contribution >= 4 is 34.1 Å². The Hall–Kier alpha value is -3.08. The zero-order chi connectivity index (χ0) is 24.4. The lowest BCUT2D eigenvalue weighted by Crippen LogP contribution is -2.38. The van der Waals surface area contributed by atoms with E-state index >= 15 is 0 Å². The monoisotopic (exact) mass is 485 g/mol. The van der Waals surface area contributed by atoms with Gasteiger partial charge in [0.1, 0.15) is 0 Å². The predicted molar refractivity (Wildman–Crippen MR) is 145 cm³/mol. The van der Waals surface area contributed by atoms with Crippen LogP contribution in [-0.2, 0) is 17.9 Å². The number of aryl methyl sites for hydroxylation is 2. The molecule has 35 heavy (non-hydrogen) atoms. The summed E-state index contributed by atoms with van der Waals surface area (Å²) >= 11 is 6.50. The van der Waals surface area contributed by atoms with Crippen LogP contribution in [0.2, 0.25) is 5.02 Å². The average molecular weight is 486 g/mol. The number of likely N-dealkylation sites (tertiary alicyclic amines) is 1. The first-order chi connectivity index (χ1) is 17.0. The van der Waals surface area contributed by atoms with Gasteiger partial charge in [-0.05, 0) is 86.1 Å². The quantitative estimate of drug-likeness (QED) is 0.325. The summed E-state index contributed by atoms with van der Waals surface area (Å²) < 4.78 is 2.38. The van der Waals surface area contributed by atoms with Crippen LogP contribution in [0.4, 0.5) is 5.69 Å². The van der Waals surface area contributed by atoms with Crippen LogP contribution in [0.3, 0.4) is 0 Å². The second-order valence-electron chi connectivity index (χ2n) is 9.73. The molecule has 0 bridgehead atoms. The van der Waals surface area contributed by atoms with Crippen LogP contribution < -0.4 is 5.32 Å². The van der Waals surface area contributed by atoms with Crippen LogP contribution in [0.15, 0.2) is 72.8 Å². The second kappa shape index (κ2) is 10.3. The number of amides is 1. The van der Waals surface area contributed by atoms with Gasteiger partial charge in [0.15, 0.2) is 0 Å². The summed E-state index contributed by atoms with van der Waals surface area (Å²) in [6.07, 6.45) is 1.75. The predicted octanol–water partition coefficient (Wildman–Crippen LogP) is 6.81. The van der Waals surface area contributed by atoms with E-state index < -0.39 is 0 Å². The Kier molecular flexibility index (Phi) is 6.94. The minimum absolute atomic E-state index is 0.0557. The summed E-state index contributed by atoms with van der Waals surface area (Å²) in [6.45, 7) is 7.54. The number of piperidine rings is 1. The third-order valence-corrected chi connectivity index (χ3v) is 7.55. The zero-order valence-electron chi connectivity index (χ0n) is 20.4. The molecule has 0 radical (unpaired) electrons. The molecule has 1 saturated heterocycles. The molecule has 1 fully saturated rings. The first-order valence-corrected chi connectivity index (χ1v) is 12.8. The second-order valence-corrected chi connectivity index (χ2v) is 10.1. The van der Waals surface area contributed by atoms with Gasteiger partial charge in [-0.15, -0.1) is 0 Å². The Balaban J connectivity index is 1.27. The van der Waals surface area contributed by atoms with Crippen molar-refractivity contribution in [2.45, 2.75) is 39.8 Å². The maximum absolute atomic E-state index is 13.0. The third-order valence-electron chi connectivity index (χ3n) is 7.18. The highest BCUT2D eigenvalue weighted by Crippen LogP contribution is 2.27. The first-order valence-electron chi connectivity index (χ1n) is 12.4. The fourth-order valence-corrected chi connectivity index (χ4v) is 5.27. The van der Waals surface area contributed by atoms with Crippen molar-refractivity contribution in [2.24, 2.45) is 5.92 Å². The van der Waals surface area contributed by atoms with E-state index in [1.807, 2.05) is 25.1 Å². The van der Waals surface area contributed by atoms with E-state index in [9.17, 15) is 4.79 Å². The standard InChI is InChI=1S/C30H32ClN3O/c1-21-11-12-22(2)28(17-21)32-30(35)23-13-15-33(16-14-23)20-26-18-24-7-4-6-10-29(24)34(26)19-25-8-3-5-9-27(25)31/h3-12,17-18,23H,13-16,19-20H2,1-2H3,(H,32,35). The number of nitrogens with one attached hydrogen (secondary N) is 1. The van der Waals surface area contributed by atoms with Crippen molar-refractivity contribution in [2.75, 3.05) is 18.4 Å². The summed E-state index contributed by atoms with van der Waals surface area (Å²) in [5, 5.41) is 5.22. The number of carbonyl (C=O) groups is 1. The molecule has 2 heterocycles. The van der Waals surface area contributed by atoms with Gasteiger partial charge in [0.2, 0.25) is 5.91 Å². The number of hydrogen-bond donors (Lipinski definition) is 1. The molecule has 3 aromatic carbocycles. The Labute approximate surface area is 212 Å². The molecule has 1 aliphatic heterocycles. The highest BCUT2D eigenvalue weighted by atomic mass is 35.5. The lowest BCUT2D eigenvalue weighted by atomic mass is 9.95. The molecule has 180 valence electrons. The van der Waals surface area contributed by atoms with Crippen LogP contribution in [0.25, 0.3) is 10.9 Å². The van der Waals surface area contributed by atoms with Crippen molar-refractivity contribution in [3.63, 3.8) is 0 Å². The number of nitrogens with zero attached hydrogens (tertiary/aromatic N) is 2. The highest BCUT2D eigenvalue weighted by molar-refractivity contribution is 6.31. The Morgan fingerprint density at radius 2 is 1.69 bits per heavy atom. The molecular weight excluding hydrogens is 454 g/mol.